The van der Waals surface area contributed by atoms with Crippen LogP contribution in [0.25, 0.3) is 11.0 Å². The number of aromatic carboxylic acids is 2. The van der Waals surface area contributed by atoms with Crippen LogP contribution in [0.15, 0.2) is 45.6 Å². The van der Waals surface area contributed by atoms with E-state index in [2.05, 4.69) is 4.98 Å². The second-order valence-corrected chi connectivity index (χ2v) is 5.67. The molecule has 0 bridgehead atoms. The highest BCUT2D eigenvalue weighted by Gasteiger charge is 2.14. The maximum atomic E-state index is 11.5. The average molecular weight is 401 g/mol. The molecule has 0 spiro atoms. The maximum absolute atomic E-state index is 11.5. The molecule has 3 aromatic rings. The fraction of sp³-hybridized carbons (Fsp3) is 0.158. The number of methoxy groups -OCH3 is 1. The second kappa shape index (κ2) is 8.30. The first-order chi connectivity index (χ1) is 13.9. The number of hydrogen-bond acceptors (Lipinski definition) is 8. The molecule has 0 fully saturated rings. The summed E-state index contributed by atoms with van der Waals surface area (Å²) in [5.74, 6) is -1.92. The Morgan fingerprint density at radius 1 is 0.966 bits per heavy atom. The van der Waals surface area contributed by atoms with Crippen LogP contribution >= 0.6 is 0 Å². The lowest BCUT2D eigenvalue weighted by atomic mass is 10.2. The largest absolute Gasteiger partial charge is 0.496 e. The molecule has 0 amide bonds. The normalized spacial score (nSPS) is 10.5. The second-order valence-electron chi connectivity index (χ2n) is 5.67. The molecule has 10 nitrogen and oxygen atoms in total. The van der Waals surface area contributed by atoms with Gasteiger partial charge >= 0.3 is 17.6 Å². The molecule has 2 heterocycles. The van der Waals surface area contributed by atoms with Crippen LogP contribution in [0.5, 0.6) is 17.2 Å². The van der Waals surface area contributed by atoms with E-state index in [1.807, 2.05) is 0 Å². The molecule has 10 heteroatoms. The van der Waals surface area contributed by atoms with E-state index in [0.717, 1.165) is 12.1 Å². The smallest absolute Gasteiger partial charge is 0.354 e. The van der Waals surface area contributed by atoms with Gasteiger partial charge < -0.3 is 28.8 Å². The highest BCUT2D eigenvalue weighted by atomic mass is 16.5. The van der Waals surface area contributed by atoms with Crippen molar-refractivity contribution in [3.8, 4) is 17.2 Å². The van der Waals surface area contributed by atoms with E-state index in [4.69, 9.17) is 28.8 Å². The number of rotatable bonds is 8. The number of fused-ring (bicyclic) bond motifs is 1. The zero-order valence-corrected chi connectivity index (χ0v) is 15.1. The van der Waals surface area contributed by atoms with Gasteiger partial charge in [-0.2, -0.15) is 0 Å². The van der Waals surface area contributed by atoms with Gasteiger partial charge in [-0.25, -0.2) is 19.4 Å². The van der Waals surface area contributed by atoms with E-state index in [-0.39, 0.29) is 19.0 Å². The molecule has 150 valence electrons. The van der Waals surface area contributed by atoms with E-state index in [9.17, 15) is 14.4 Å². The van der Waals surface area contributed by atoms with Gasteiger partial charge in [0.2, 0.25) is 0 Å². The minimum Gasteiger partial charge on any atom is -0.496 e. The molecular formula is C19H15NO9. The first-order valence-corrected chi connectivity index (χ1v) is 8.23. The summed E-state index contributed by atoms with van der Waals surface area (Å²) in [5, 5.41) is 18.6. The molecule has 0 atom stereocenters. The summed E-state index contributed by atoms with van der Waals surface area (Å²) in [6.45, 7) is 0.0646. The first kappa shape index (κ1) is 19.7. The van der Waals surface area contributed by atoms with Crippen molar-refractivity contribution in [3.63, 3.8) is 0 Å². The molecule has 3 rings (SSSR count). The van der Waals surface area contributed by atoms with Crippen LogP contribution in [-0.4, -0.2) is 47.5 Å². The van der Waals surface area contributed by atoms with Gasteiger partial charge in [0.15, 0.2) is 11.4 Å². The van der Waals surface area contributed by atoms with Gasteiger partial charge in [-0.3, -0.25) is 0 Å². The summed E-state index contributed by atoms with van der Waals surface area (Å²) < 4.78 is 21.2. The fourth-order valence-corrected chi connectivity index (χ4v) is 2.50. The number of carbonyl (C=O) groups is 2. The Balaban J connectivity index is 1.67. The van der Waals surface area contributed by atoms with Crippen molar-refractivity contribution >= 4 is 22.9 Å². The number of carboxylic acids is 2. The third-order valence-corrected chi connectivity index (χ3v) is 3.76. The van der Waals surface area contributed by atoms with Gasteiger partial charge in [0.05, 0.1) is 18.6 Å². The molecule has 29 heavy (non-hydrogen) atoms. The monoisotopic (exact) mass is 401 g/mol. The van der Waals surface area contributed by atoms with Gasteiger partial charge in [0, 0.05) is 18.2 Å². The molecule has 0 radical (unpaired) electrons. The van der Waals surface area contributed by atoms with Gasteiger partial charge in [-0.05, 0) is 12.1 Å². The number of carboxylic acid groups (broad SMARTS) is 2. The van der Waals surface area contributed by atoms with Gasteiger partial charge in [0.25, 0.3) is 0 Å². The van der Waals surface area contributed by atoms with Gasteiger partial charge in [0.1, 0.15) is 36.0 Å². The predicted octanol–water partition coefficient (Wildman–Crippen LogP) is 2.05. The van der Waals surface area contributed by atoms with E-state index in [1.54, 1.807) is 12.1 Å². The fourth-order valence-electron chi connectivity index (χ4n) is 2.50. The van der Waals surface area contributed by atoms with Gasteiger partial charge in [-0.15, -0.1) is 0 Å². The Morgan fingerprint density at radius 2 is 1.59 bits per heavy atom. The molecule has 0 unspecified atom stereocenters. The van der Waals surface area contributed by atoms with Crippen LogP contribution in [0, 0.1) is 0 Å². The third-order valence-electron chi connectivity index (χ3n) is 3.76. The highest BCUT2D eigenvalue weighted by Crippen LogP contribution is 2.27. The highest BCUT2D eigenvalue weighted by molar-refractivity contribution is 5.90. The van der Waals surface area contributed by atoms with Gasteiger partial charge in [-0.1, -0.05) is 0 Å². The number of hydrogen-bond donors (Lipinski definition) is 2. The molecule has 0 aliphatic heterocycles. The predicted molar refractivity (Wildman–Crippen MR) is 98.2 cm³/mol. The number of nitrogens with zero attached hydrogens (tertiary/aromatic N) is 1. The van der Waals surface area contributed by atoms with Crippen LogP contribution in [0.2, 0.25) is 0 Å². The van der Waals surface area contributed by atoms with Crippen LogP contribution in [0.3, 0.4) is 0 Å². The SMILES string of the molecule is COc1cc(=O)oc2cc(OCCOc3cc(C(=O)O)nc(C(=O)O)c3)ccc12. The lowest BCUT2D eigenvalue weighted by molar-refractivity contribution is 0.0683. The van der Waals surface area contributed by atoms with Crippen molar-refractivity contribution in [2.45, 2.75) is 0 Å². The standard InChI is InChI=1S/C19H15NO9/c1-26-15-9-17(21)29-16-8-10(2-3-12(15)16)27-4-5-28-11-6-13(18(22)23)20-14(7-11)19(24)25/h2-3,6-9H,4-5H2,1H3,(H,22,23)(H,24,25). The summed E-state index contributed by atoms with van der Waals surface area (Å²) in [7, 11) is 1.45. The van der Waals surface area contributed by atoms with Crippen LogP contribution in [-0.2, 0) is 0 Å². The van der Waals surface area contributed by atoms with Crippen molar-refractivity contribution in [2.75, 3.05) is 20.3 Å². The zero-order valence-electron chi connectivity index (χ0n) is 15.1. The van der Waals surface area contributed by atoms with E-state index in [0.29, 0.717) is 22.5 Å². The number of pyridine rings is 1. The molecule has 1 aromatic carbocycles. The minimum absolute atomic E-state index is 0.00221. The molecule has 2 aromatic heterocycles. The first-order valence-electron chi connectivity index (χ1n) is 8.23. The van der Waals surface area contributed by atoms with Crippen molar-refractivity contribution in [3.05, 3.63) is 58.2 Å². The number of aromatic nitrogens is 1. The summed E-state index contributed by atoms with van der Waals surface area (Å²) in [4.78, 5) is 37.1. The Morgan fingerprint density at radius 3 is 2.17 bits per heavy atom. The molecular weight excluding hydrogens is 386 g/mol. The molecule has 2 N–H and O–H groups in total. The van der Waals surface area contributed by atoms with E-state index >= 15 is 0 Å². The van der Waals surface area contributed by atoms with E-state index < -0.39 is 29.0 Å². The van der Waals surface area contributed by atoms with Crippen molar-refractivity contribution < 1.29 is 38.4 Å². The van der Waals surface area contributed by atoms with Crippen LogP contribution < -0.4 is 19.8 Å². The molecule has 0 saturated carbocycles. The Hall–Kier alpha value is -4.08. The molecule has 0 saturated heterocycles. The van der Waals surface area contributed by atoms with Crippen LogP contribution in [0.1, 0.15) is 21.0 Å². The average Bonchev–Trinajstić information content (AvgIpc) is 2.69. The van der Waals surface area contributed by atoms with Crippen molar-refractivity contribution in [1.29, 1.82) is 0 Å². The Kier molecular flexibility index (Phi) is 5.63. The zero-order chi connectivity index (χ0) is 21.0. The Labute approximate surface area is 162 Å². The van der Waals surface area contributed by atoms with Crippen LogP contribution in [0.4, 0.5) is 0 Å². The van der Waals surface area contributed by atoms with Crippen molar-refractivity contribution in [1.82, 2.24) is 4.98 Å². The summed E-state index contributed by atoms with van der Waals surface area (Å²) >= 11 is 0. The summed E-state index contributed by atoms with van der Waals surface area (Å²) in [6, 6.07) is 8.33. The lowest BCUT2D eigenvalue weighted by Crippen LogP contribution is -2.12. The minimum atomic E-state index is -1.37. The van der Waals surface area contributed by atoms with E-state index in [1.165, 1.54) is 19.2 Å². The van der Waals surface area contributed by atoms with Crippen molar-refractivity contribution in [2.24, 2.45) is 0 Å². The molecule has 0 aliphatic carbocycles. The molecule has 0 aliphatic rings. The quantitative estimate of drug-likeness (QED) is 0.425. The third kappa shape index (κ3) is 4.61. The summed E-state index contributed by atoms with van der Waals surface area (Å²) in [5.41, 5.74) is -1.16. The topological polar surface area (TPSA) is 145 Å². The number of benzene rings is 1. The Bertz CT molecular complexity index is 1100. The number of ether oxygens (including phenoxy) is 3. The lowest BCUT2D eigenvalue weighted by Gasteiger charge is -2.10. The summed E-state index contributed by atoms with van der Waals surface area (Å²) in [6.07, 6.45) is 0. The maximum Gasteiger partial charge on any atom is 0.354 e.